The van der Waals surface area contributed by atoms with E-state index in [0.29, 0.717) is 36.6 Å². The summed E-state index contributed by atoms with van der Waals surface area (Å²) in [5.74, 6) is -0.0261. The number of nitrogens with one attached hydrogen (secondary N) is 1. The molecule has 4 rings (SSSR count). The Morgan fingerprint density at radius 3 is 2.53 bits per heavy atom. The van der Waals surface area contributed by atoms with E-state index in [4.69, 9.17) is 4.74 Å². The predicted molar refractivity (Wildman–Crippen MR) is 120 cm³/mol. The normalized spacial score (nSPS) is 14.2. The van der Waals surface area contributed by atoms with Crippen molar-refractivity contribution in [3.63, 3.8) is 0 Å². The van der Waals surface area contributed by atoms with Gasteiger partial charge in [0.1, 0.15) is 5.75 Å². The quantitative estimate of drug-likeness (QED) is 0.638. The Balaban J connectivity index is 1.47. The average molecular weight is 435 g/mol. The molecule has 0 bridgehead atoms. The minimum atomic E-state index is -0.424. The van der Waals surface area contributed by atoms with Gasteiger partial charge >= 0.3 is 0 Å². The van der Waals surface area contributed by atoms with Gasteiger partial charge in [0.25, 0.3) is 11.8 Å². The Morgan fingerprint density at radius 2 is 1.81 bits per heavy atom. The molecule has 1 aromatic heterocycles. The van der Waals surface area contributed by atoms with E-state index >= 15 is 0 Å². The zero-order valence-electron chi connectivity index (χ0n) is 18.2. The van der Waals surface area contributed by atoms with Crippen molar-refractivity contribution in [1.29, 1.82) is 0 Å². The first-order valence-electron chi connectivity index (χ1n) is 10.4. The number of carbonyl (C=O) groups excluding carboxylic acids is 2. The van der Waals surface area contributed by atoms with Crippen LogP contribution in [0.15, 0.2) is 54.7 Å². The Kier molecular flexibility index (Phi) is 6.46. The molecule has 2 heterocycles. The van der Waals surface area contributed by atoms with Crippen molar-refractivity contribution in [2.75, 3.05) is 45.7 Å². The van der Waals surface area contributed by atoms with E-state index in [9.17, 15) is 9.59 Å². The summed E-state index contributed by atoms with van der Waals surface area (Å²) >= 11 is 0. The first-order valence-corrected chi connectivity index (χ1v) is 10.4. The largest absolute Gasteiger partial charge is 0.495 e. The van der Waals surface area contributed by atoms with Crippen molar-refractivity contribution in [3.05, 3.63) is 71.5 Å². The van der Waals surface area contributed by atoms with Crippen molar-refractivity contribution in [1.82, 2.24) is 24.8 Å². The Morgan fingerprint density at radius 1 is 1.06 bits per heavy atom. The van der Waals surface area contributed by atoms with E-state index in [0.717, 1.165) is 18.7 Å². The highest BCUT2D eigenvalue weighted by Crippen LogP contribution is 2.27. The van der Waals surface area contributed by atoms with Crippen molar-refractivity contribution in [3.8, 4) is 5.75 Å². The van der Waals surface area contributed by atoms with Gasteiger partial charge in [-0.1, -0.05) is 35.5 Å². The van der Waals surface area contributed by atoms with E-state index in [1.165, 1.54) is 7.11 Å². The number of carbonyl (C=O) groups is 2. The highest BCUT2D eigenvalue weighted by molar-refractivity contribution is 6.04. The maximum Gasteiger partial charge on any atom is 0.277 e. The molecule has 1 fully saturated rings. The van der Waals surface area contributed by atoms with Crippen LogP contribution >= 0.6 is 0 Å². The lowest BCUT2D eigenvalue weighted by molar-refractivity contribution is 0.0664. The summed E-state index contributed by atoms with van der Waals surface area (Å²) in [7, 11) is 3.56. The van der Waals surface area contributed by atoms with Gasteiger partial charge in [-0.25, -0.2) is 4.68 Å². The number of rotatable bonds is 6. The summed E-state index contributed by atoms with van der Waals surface area (Å²) in [5.41, 5.74) is 2.15. The molecule has 32 heavy (non-hydrogen) atoms. The first-order chi connectivity index (χ1) is 15.5. The molecule has 9 nitrogen and oxygen atoms in total. The fraction of sp³-hybridized carbons (Fsp3) is 0.304. The van der Waals surface area contributed by atoms with Crippen LogP contribution in [-0.4, -0.2) is 76.9 Å². The molecule has 1 saturated heterocycles. The Hall–Kier alpha value is -3.72. The van der Waals surface area contributed by atoms with Crippen LogP contribution in [-0.2, 0) is 6.54 Å². The molecule has 0 atom stereocenters. The van der Waals surface area contributed by atoms with Crippen LogP contribution in [0.1, 0.15) is 26.4 Å². The lowest BCUT2D eigenvalue weighted by Gasteiger charge is -2.32. The van der Waals surface area contributed by atoms with E-state index in [-0.39, 0.29) is 11.6 Å². The summed E-state index contributed by atoms with van der Waals surface area (Å²) in [6, 6.07) is 14.8. The molecule has 0 saturated carbocycles. The second-order valence-electron chi connectivity index (χ2n) is 7.75. The smallest absolute Gasteiger partial charge is 0.277 e. The van der Waals surface area contributed by atoms with E-state index in [2.05, 4.69) is 20.5 Å². The number of nitrogens with zero attached hydrogens (tertiary/aromatic N) is 5. The molecule has 0 radical (unpaired) electrons. The topological polar surface area (TPSA) is 92.6 Å². The van der Waals surface area contributed by atoms with E-state index in [1.54, 1.807) is 29.1 Å². The van der Waals surface area contributed by atoms with Gasteiger partial charge in [-0.2, -0.15) is 0 Å². The third-order valence-electron chi connectivity index (χ3n) is 5.44. The van der Waals surface area contributed by atoms with Crippen molar-refractivity contribution in [2.45, 2.75) is 6.54 Å². The number of piperazine rings is 1. The molecule has 0 unspecified atom stereocenters. The van der Waals surface area contributed by atoms with Gasteiger partial charge in [0.15, 0.2) is 5.69 Å². The van der Waals surface area contributed by atoms with Crippen LogP contribution in [0.25, 0.3) is 0 Å². The number of ether oxygens (including phenoxy) is 1. The van der Waals surface area contributed by atoms with E-state index < -0.39 is 5.91 Å². The van der Waals surface area contributed by atoms with Crippen molar-refractivity contribution >= 4 is 17.5 Å². The zero-order valence-corrected chi connectivity index (χ0v) is 18.2. The summed E-state index contributed by atoms with van der Waals surface area (Å²) in [5, 5.41) is 10.8. The van der Waals surface area contributed by atoms with Crippen LogP contribution in [0.5, 0.6) is 5.75 Å². The van der Waals surface area contributed by atoms with Gasteiger partial charge in [0.2, 0.25) is 0 Å². The second-order valence-corrected chi connectivity index (χ2v) is 7.75. The maximum absolute atomic E-state index is 12.9. The van der Waals surface area contributed by atoms with Gasteiger partial charge in [0, 0.05) is 31.7 Å². The number of amides is 2. The maximum atomic E-state index is 12.9. The molecular formula is C23H26N6O3. The number of anilines is 1. The molecule has 2 amide bonds. The summed E-state index contributed by atoms with van der Waals surface area (Å²) < 4.78 is 6.98. The molecule has 1 N–H and O–H groups in total. The minimum absolute atomic E-state index is 0.0648. The van der Waals surface area contributed by atoms with Crippen molar-refractivity contribution in [2.24, 2.45) is 0 Å². The molecule has 0 aliphatic carbocycles. The lowest BCUT2D eigenvalue weighted by Crippen LogP contribution is -2.47. The SMILES string of the molecule is COc1ccc(C(=O)N2CCN(C)CC2)cc1NC(=O)c1cn(Cc2ccccc2)nn1. The molecule has 9 heteroatoms. The molecule has 1 aliphatic heterocycles. The third-order valence-corrected chi connectivity index (χ3v) is 5.44. The fourth-order valence-corrected chi connectivity index (χ4v) is 3.57. The van der Waals surface area contributed by atoms with E-state index in [1.807, 2.05) is 42.3 Å². The monoisotopic (exact) mass is 434 g/mol. The number of likely N-dealkylation sites (N-methyl/N-ethyl adjacent to an activating group) is 1. The number of aromatic nitrogens is 3. The molecule has 166 valence electrons. The molecule has 1 aliphatic rings. The number of benzene rings is 2. The lowest BCUT2D eigenvalue weighted by atomic mass is 10.1. The molecule has 3 aromatic rings. The minimum Gasteiger partial charge on any atom is -0.495 e. The third kappa shape index (κ3) is 4.94. The summed E-state index contributed by atoms with van der Waals surface area (Å²) in [6.07, 6.45) is 1.59. The van der Waals surface area contributed by atoms with Gasteiger partial charge in [-0.3, -0.25) is 9.59 Å². The number of hydrogen-bond acceptors (Lipinski definition) is 6. The summed E-state index contributed by atoms with van der Waals surface area (Å²) in [4.78, 5) is 29.7. The van der Waals surface area contributed by atoms with Gasteiger partial charge < -0.3 is 19.9 Å². The summed E-state index contributed by atoms with van der Waals surface area (Å²) in [6.45, 7) is 3.54. The molecule has 0 spiro atoms. The molecular weight excluding hydrogens is 408 g/mol. The predicted octanol–water partition coefficient (Wildman–Crippen LogP) is 1.97. The van der Waals surface area contributed by atoms with Gasteiger partial charge in [-0.15, -0.1) is 5.10 Å². The highest BCUT2D eigenvalue weighted by Gasteiger charge is 2.22. The Labute approximate surface area is 186 Å². The Bertz CT molecular complexity index is 1090. The number of methoxy groups -OCH3 is 1. The van der Waals surface area contributed by atoms with Gasteiger partial charge in [-0.05, 0) is 30.8 Å². The standard InChI is InChI=1S/C23H26N6O3/c1-27-10-12-28(13-11-27)23(31)18-8-9-21(32-2)19(14-18)24-22(30)20-16-29(26-25-20)15-17-6-4-3-5-7-17/h3-9,14,16H,10-13,15H2,1-2H3,(H,24,30). The average Bonchev–Trinajstić information content (AvgIpc) is 3.28. The van der Waals surface area contributed by atoms with Crippen molar-refractivity contribution < 1.29 is 14.3 Å². The van der Waals surface area contributed by atoms with Crippen LogP contribution in [0.4, 0.5) is 5.69 Å². The molecule has 2 aromatic carbocycles. The fourth-order valence-electron chi connectivity index (χ4n) is 3.57. The highest BCUT2D eigenvalue weighted by atomic mass is 16.5. The zero-order chi connectivity index (χ0) is 22.5. The van der Waals surface area contributed by atoms with Crippen LogP contribution in [0.2, 0.25) is 0 Å². The van der Waals surface area contributed by atoms with Crippen LogP contribution in [0.3, 0.4) is 0 Å². The van der Waals surface area contributed by atoms with Crippen LogP contribution < -0.4 is 10.1 Å². The number of hydrogen-bond donors (Lipinski definition) is 1. The van der Waals surface area contributed by atoms with Crippen LogP contribution in [0, 0.1) is 0 Å². The van der Waals surface area contributed by atoms with Gasteiger partial charge in [0.05, 0.1) is 25.5 Å². The second kappa shape index (κ2) is 9.61. The first kappa shape index (κ1) is 21.5.